The Kier molecular flexibility index (Phi) is 6.84. The number of hydrogen-bond acceptors (Lipinski definition) is 4. The van der Waals surface area contributed by atoms with Gasteiger partial charge in [-0.1, -0.05) is 26.0 Å². The molecule has 0 bridgehead atoms. The smallest absolute Gasteiger partial charge is 0.251 e. The molecule has 0 spiro atoms. The molecule has 1 aromatic rings. The molecule has 118 valence electrons. The van der Waals surface area contributed by atoms with E-state index in [-0.39, 0.29) is 11.7 Å². The Labute approximate surface area is 127 Å². The molecule has 1 aromatic carbocycles. The Morgan fingerprint density at radius 2 is 1.90 bits per heavy atom. The molecule has 0 aliphatic carbocycles. The average molecular weight is 312 g/mol. The number of likely N-dealkylation sites (N-methyl/N-ethyl adjacent to an activating group) is 1. The van der Waals surface area contributed by atoms with Crippen molar-refractivity contribution in [3.05, 3.63) is 35.4 Å². The summed E-state index contributed by atoms with van der Waals surface area (Å²) < 4.78 is 22.6. The van der Waals surface area contributed by atoms with Crippen LogP contribution in [0.2, 0.25) is 0 Å². The minimum Gasteiger partial charge on any atom is -0.351 e. The first-order chi connectivity index (χ1) is 9.85. The minimum absolute atomic E-state index is 0.0480. The van der Waals surface area contributed by atoms with Gasteiger partial charge in [0.25, 0.3) is 5.91 Å². The van der Waals surface area contributed by atoms with Crippen molar-refractivity contribution in [1.29, 1.82) is 0 Å². The number of benzene rings is 1. The zero-order valence-corrected chi connectivity index (χ0v) is 13.7. The second-order valence-electron chi connectivity index (χ2n) is 5.05. The van der Waals surface area contributed by atoms with Crippen LogP contribution in [-0.2, 0) is 15.6 Å². The molecule has 0 aliphatic rings. The Balaban J connectivity index is 2.60. The molecule has 0 heterocycles. The number of sulfone groups is 1. The van der Waals surface area contributed by atoms with E-state index in [1.165, 1.54) is 6.26 Å². The molecule has 1 N–H and O–H groups in total. The van der Waals surface area contributed by atoms with E-state index < -0.39 is 9.84 Å². The van der Waals surface area contributed by atoms with Gasteiger partial charge < -0.3 is 10.2 Å². The third-order valence-corrected chi connectivity index (χ3v) is 4.08. The summed E-state index contributed by atoms with van der Waals surface area (Å²) in [4.78, 5) is 14.3. The van der Waals surface area contributed by atoms with E-state index >= 15 is 0 Å². The van der Waals surface area contributed by atoms with Crippen LogP contribution < -0.4 is 5.32 Å². The number of carbonyl (C=O) groups is 1. The predicted molar refractivity (Wildman–Crippen MR) is 85.1 cm³/mol. The monoisotopic (exact) mass is 312 g/mol. The zero-order chi connectivity index (χ0) is 15.9. The van der Waals surface area contributed by atoms with E-state index in [2.05, 4.69) is 24.1 Å². The van der Waals surface area contributed by atoms with E-state index in [0.29, 0.717) is 17.7 Å². The van der Waals surface area contributed by atoms with Crippen molar-refractivity contribution >= 4 is 15.7 Å². The molecule has 0 unspecified atom stereocenters. The summed E-state index contributed by atoms with van der Waals surface area (Å²) in [5.74, 6) is -0.217. The van der Waals surface area contributed by atoms with Crippen molar-refractivity contribution in [1.82, 2.24) is 10.2 Å². The van der Waals surface area contributed by atoms with Gasteiger partial charge in [-0.3, -0.25) is 4.79 Å². The van der Waals surface area contributed by atoms with E-state index in [1.54, 1.807) is 24.3 Å². The molecule has 0 aliphatic heterocycles. The highest BCUT2D eigenvalue weighted by molar-refractivity contribution is 7.89. The van der Waals surface area contributed by atoms with E-state index in [9.17, 15) is 13.2 Å². The van der Waals surface area contributed by atoms with E-state index in [4.69, 9.17) is 0 Å². The maximum Gasteiger partial charge on any atom is 0.251 e. The average Bonchev–Trinajstić information content (AvgIpc) is 2.42. The second kappa shape index (κ2) is 8.14. The molecule has 0 radical (unpaired) electrons. The molecular formula is C15H24N2O3S. The van der Waals surface area contributed by atoms with Gasteiger partial charge >= 0.3 is 0 Å². The molecule has 0 aromatic heterocycles. The zero-order valence-electron chi connectivity index (χ0n) is 12.9. The Bertz CT molecular complexity index is 566. The highest BCUT2D eigenvalue weighted by Crippen LogP contribution is 2.08. The number of nitrogens with zero attached hydrogens (tertiary/aromatic N) is 1. The molecule has 0 atom stereocenters. The summed E-state index contributed by atoms with van der Waals surface area (Å²) >= 11 is 0. The van der Waals surface area contributed by atoms with Crippen molar-refractivity contribution in [2.75, 3.05) is 32.4 Å². The molecule has 0 saturated carbocycles. The Hall–Kier alpha value is -1.40. The summed E-state index contributed by atoms with van der Waals surface area (Å²) in [5.41, 5.74) is 1.13. The SMILES string of the molecule is CCN(CC)CCNC(=O)c1cccc(CS(C)(=O)=O)c1. The molecule has 1 rings (SSSR count). The fraction of sp³-hybridized carbons (Fsp3) is 0.533. The quantitative estimate of drug-likeness (QED) is 0.786. The van der Waals surface area contributed by atoms with Crippen LogP contribution in [0, 0.1) is 0 Å². The maximum absolute atomic E-state index is 12.0. The van der Waals surface area contributed by atoms with Crippen LogP contribution in [0.25, 0.3) is 0 Å². The molecule has 21 heavy (non-hydrogen) atoms. The van der Waals surface area contributed by atoms with Crippen molar-refractivity contribution in [3.63, 3.8) is 0 Å². The summed E-state index contributed by atoms with van der Waals surface area (Å²) in [6.07, 6.45) is 1.18. The van der Waals surface area contributed by atoms with Gasteiger partial charge in [0.1, 0.15) is 0 Å². The standard InChI is InChI=1S/C15H24N2O3S/c1-4-17(5-2)10-9-16-15(18)14-8-6-7-13(11-14)12-21(3,19)20/h6-8,11H,4-5,9-10,12H2,1-3H3,(H,16,18). The van der Waals surface area contributed by atoms with Gasteiger partial charge in [0.2, 0.25) is 0 Å². The first-order valence-electron chi connectivity index (χ1n) is 7.13. The molecule has 6 heteroatoms. The Morgan fingerprint density at radius 3 is 2.48 bits per heavy atom. The number of rotatable bonds is 8. The lowest BCUT2D eigenvalue weighted by Gasteiger charge is -2.18. The van der Waals surface area contributed by atoms with Crippen molar-refractivity contribution < 1.29 is 13.2 Å². The number of amides is 1. The summed E-state index contributed by atoms with van der Waals surface area (Å²) in [7, 11) is -3.09. The number of carbonyl (C=O) groups excluding carboxylic acids is 1. The lowest BCUT2D eigenvalue weighted by molar-refractivity contribution is 0.0949. The molecule has 0 fully saturated rings. The first-order valence-corrected chi connectivity index (χ1v) is 9.19. The van der Waals surface area contributed by atoms with Gasteiger partial charge in [0.05, 0.1) is 5.75 Å². The van der Waals surface area contributed by atoms with E-state index in [1.807, 2.05) is 0 Å². The van der Waals surface area contributed by atoms with Gasteiger partial charge in [0.15, 0.2) is 9.84 Å². The van der Waals surface area contributed by atoms with Gasteiger partial charge in [-0.05, 0) is 30.8 Å². The third kappa shape index (κ3) is 6.73. The highest BCUT2D eigenvalue weighted by Gasteiger charge is 2.09. The fourth-order valence-electron chi connectivity index (χ4n) is 2.07. The molecule has 0 saturated heterocycles. The van der Waals surface area contributed by atoms with Crippen LogP contribution in [0.3, 0.4) is 0 Å². The highest BCUT2D eigenvalue weighted by atomic mass is 32.2. The first kappa shape index (κ1) is 17.7. The predicted octanol–water partition coefficient (Wildman–Crippen LogP) is 1.30. The van der Waals surface area contributed by atoms with Gasteiger partial charge in [-0.25, -0.2) is 8.42 Å². The van der Waals surface area contributed by atoms with Crippen LogP contribution in [-0.4, -0.2) is 51.7 Å². The van der Waals surface area contributed by atoms with Crippen LogP contribution in [0.15, 0.2) is 24.3 Å². The van der Waals surface area contributed by atoms with Crippen molar-refractivity contribution in [3.8, 4) is 0 Å². The number of nitrogens with one attached hydrogen (secondary N) is 1. The molecule has 5 nitrogen and oxygen atoms in total. The molecular weight excluding hydrogens is 288 g/mol. The van der Waals surface area contributed by atoms with Crippen molar-refractivity contribution in [2.45, 2.75) is 19.6 Å². The fourth-order valence-corrected chi connectivity index (χ4v) is 2.86. The van der Waals surface area contributed by atoms with Crippen LogP contribution in [0.4, 0.5) is 0 Å². The summed E-state index contributed by atoms with van der Waals surface area (Å²) in [5, 5.41) is 2.86. The molecule has 1 amide bonds. The maximum atomic E-state index is 12.0. The second-order valence-corrected chi connectivity index (χ2v) is 7.19. The summed E-state index contributed by atoms with van der Waals surface area (Å²) in [6, 6.07) is 6.75. The lowest BCUT2D eigenvalue weighted by atomic mass is 10.1. The summed E-state index contributed by atoms with van der Waals surface area (Å²) in [6.45, 7) is 7.46. The number of hydrogen-bond donors (Lipinski definition) is 1. The van der Waals surface area contributed by atoms with Crippen LogP contribution in [0.5, 0.6) is 0 Å². The lowest BCUT2D eigenvalue weighted by Crippen LogP contribution is -2.34. The van der Waals surface area contributed by atoms with E-state index in [0.717, 1.165) is 19.6 Å². The van der Waals surface area contributed by atoms with Crippen LogP contribution in [0.1, 0.15) is 29.8 Å². The minimum atomic E-state index is -3.09. The van der Waals surface area contributed by atoms with Gasteiger partial charge in [-0.15, -0.1) is 0 Å². The van der Waals surface area contributed by atoms with Crippen LogP contribution >= 0.6 is 0 Å². The largest absolute Gasteiger partial charge is 0.351 e. The normalized spacial score (nSPS) is 11.6. The third-order valence-electron chi connectivity index (χ3n) is 3.23. The topological polar surface area (TPSA) is 66.5 Å². The van der Waals surface area contributed by atoms with Gasteiger partial charge in [0, 0.05) is 24.9 Å². The van der Waals surface area contributed by atoms with Crippen molar-refractivity contribution in [2.24, 2.45) is 0 Å². The van der Waals surface area contributed by atoms with Gasteiger partial charge in [-0.2, -0.15) is 0 Å². The Morgan fingerprint density at radius 1 is 1.24 bits per heavy atom.